The number of hydrogen-bond acceptors (Lipinski definition) is 3. The number of carbonyl (C=O) groups excluding carboxylic acids is 2. The molecule has 2 atom stereocenters. The molecule has 1 aliphatic rings. The van der Waals surface area contributed by atoms with Crippen molar-refractivity contribution in [3.05, 3.63) is 71.8 Å². The summed E-state index contributed by atoms with van der Waals surface area (Å²) >= 11 is 0. The zero-order valence-corrected chi connectivity index (χ0v) is 14.7. The summed E-state index contributed by atoms with van der Waals surface area (Å²) in [6.45, 7) is 0.704. The van der Waals surface area contributed by atoms with Crippen molar-refractivity contribution in [3.8, 4) is 0 Å². The first-order chi connectivity index (χ1) is 12.6. The zero-order chi connectivity index (χ0) is 18.4. The number of nitrogens with two attached hydrogens (primary N) is 1. The van der Waals surface area contributed by atoms with Gasteiger partial charge in [-0.25, -0.2) is 5.06 Å². The highest BCUT2D eigenvalue weighted by atomic mass is 16.7. The largest absolute Gasteiger partial charge is 0.369 e. The van der Waals surface area contributed by atoms with Gasteiger partial charge in [0.25, 0.3) is 0 Å². The minimum Gasteiger partial charge on any atom is -0.369 e. The van der Waals surface area contributed by atoms with Crippen molar-refractivity contribution in [1.82, 2.24) is 5.06 Å². The van der Waals surface area contributed by atoms with Gasteiger partial charge in [-0.15, -0.1) is 0 Å². The molecule has 5 heteroatoms. The number of primary amides is 1. The van der Waals surface area contributed by atoms with Crippen LogP contribution >= 0.6 is 0 Å². The van der Waals surface area contributed by atoms with Crippen LogP contribution in [0.2, 0.25) is 0 Å². The van der Waals surface area contributed by atoms with E-state index in [4.69, 9.17) is 10.6 Å². The second-order valence-corrected chi connectivity index (χ2v) is 6.73. The maximum Gasteiger partial charge on any atom is 0.249 e. The third-order valence-electron chi connectivity index (χ3n) is 4.83. The van der Waals surface area contributed by atoms with Crippen molar-refractivity contribution in [2.75, 3.05) is 0 Å². The number of hydrogen-bond donors (Lipinski definition) is 1. The zero-order valence-electron chi connectivity index (χ0n) is 14.7. The van der Waals surface area contributed by atoms with Crippen LogP contribution in [0.25, 0.3) is 0 Å². The summed E-state index contributed by atoms with van der Waals surface area (Å²) in [7, 11) is 0. The van der Waals surface area contributed by atoms with Crippen LogP contribution in [-0.2, 0) is 27.6 Å². The standard InChI is InChI=1S/C21H24N2O3/c22-20(24)18-11-12-19(13-18)21(25)23(14-16-7-3-1-4-8-16)26-15-17-9-5-2-6-10-17/h1-10,18-19H,11-15H2,(H2,22,24). The van der Waals surface area contributed by atoms with Gasteiger partial charge in [-0.3, -0.25) is 14.4 Å². The van der Waals surface area contributed by atoms with Gasteiger partial charge < -0.3 is 5.73 Å². The monoisotopic (exact) mass is 352 g/mol. The Morgan fingerprint density at radius 2 is 1.50 bits per heavy atom. The van der Waals surface area contributed by atoms with E-state index in [-0.39, 0.29) is 23.7 Å². The van der Waals surface area contributed by atoms with Gasteiger partial charge in [0.2, 0.25) is 11.8 Å². The highest BCUT2D eigenvalue weighted by molar-refractivity contribution is 5.82. The molecular formula is C21H24N2O3. The molecule has 0 heterocycles. The van der Waals surface area contributed by atoms with E-state index in [2.05, 4.69) is 0 Å². The summed E-state index contributed by atoms with van der Waals surface area (Å²) < 4.78 is 0. The number of carbonyl (C=O) groups is 2. The van der Waals surface area contributed by atoms with Crippen molar-refractivity contribution in [1.29, 1.82) is 0 Å². The fourth-order valence-corrected chi connectivity index (χ4v) is 3.33. The molecular weight excluding hydrogens is 328 g/mol. The second-order valence-electron chi connectivity index (χ2n) is 6.73. The Hall–Kier alpha value is -2.66. The number of nitrogens with zero attached hydrogens (tertiary/aromatic N) is 1. The predicted octanol–water partition coefficient (Wildman–Crippen LogP) is 3.05. The fraction of sp³-hybridized carbons (Fsp3) is 0.333. The van der Waals surface area contributed by atoms with Crippen LogP contribution in [0, 0.1) is 11.8 Å². The van der Waals surface area contributed by atoms with Crippen molar-refractivity contribution < 1.29 is 14.4 Å². The lowest BCUT2D eigenvalue weighted by molar-refractivity contribution is -0.199. The highest BCUT2D eigenvalue weighted by Gasteiger charge is 2.35. The molecule has 2 aromatic rings. The average Bonchev–Trinajstić information content (AvgIpc) is 3.17. The Bertz CT molecular complexity index is 733. The smallest absolute Gasteiger partial charge is 0.249 e. The van der Waals surface area contributed by atoms with E-state index in [0.717, 1.165) is 11.1 Å². The van der Waals surface area contributed by atoms with Gasteiger partial charge in [-0.2, -0.15) is 0 Å². The van der Waals surface area contributed by atoms with Gasteiger partial charge in [0.05, 0.1) is 6.54 Å². The average molecular weight is 352 g/mol. The summed E-state index contributed by atoms with van der Waals surface area (Å²) in [4.78, 5) is 30.3. The summed E-state index contributed by atoms with van der Waals surface area (Å²) in [5, 5.41) is 1.44. The Morgan fingerprint density at radius 1 is 0.923 bits per heavy atom. The van der Waals surface area contributed by atoms with E-state index >= 15 is 0 Å². The van der Waals surface area contributed by atoms with E-state index < -0.39 is 0 Å². The van der Waals surface area contributed by atoms with E-state index in [9.17, 15) is 9.59 Å². The molecule has 0 radical (unpaired) electrons. The summed E-state index contributed by atoms with van der Waals surface area (Å²) in [5.41, 5.74) is 7.40. The molecule has 2 unspecified atom stereocenters. The number of rotatable bonds is 7. The molecule has 136 valence electrons. The van der Waals surface area contributed by atoms with Crippen LogP contribution in [0.5, 0.6) is 0 Å². The van der Waals surface area contributed by atoms with Crippen LogP contribution in [0.1, 0.15) is 30.4 Å². The summed E-state index contributed by atoms with van der Waals surface area (Å²) in [6.07, 6.45) is 1.85. The van der Waals surface area contributed by atoms with Crippen LogP contribution in [0.15, 0.2) is 60.7 Å². The Balaban J connectivity index is 1.69. The van der Waals surface area contributed by atoms with Crippen molar-refractivity contribution in [3.63, 3.8) is 0 Å². The molecule has 2 aromatic carbocycles. The maximum atomic E-state index is 13.0. The lowest BCUT2D eigenvalue weighted by atomic mass is 10.0. The van der Waals surface area contributed by atoms with Gasteiger partial charge in [-0.1, -0.05) is 60.7 Å². The first-order valence-electron chi connectivity index (χ1n) is 8.95. The molecule has 1 saturated carbocycles. The van der Waals surface area contributed by atoms with E-state index in [1.807, 2.05) is 60.7 Å². The van der Waals surface area contributed by atoms with Crippen LogP contribution in [0.4, 0.5) is 0 Å². The lowest BCUT2D eigenvalue weighted by Crippen LogP contribution is -2.35. The number of benzene rings is 2. The molecule has 5 nitrogen and oxygen atoms in total. The number of amides is 2. The van der Waals surface area contributed by atoms with Gasteiger partial charge in [0.15, 0.2) is 0 Å². The molecule has 2 amide bonds. The van der Waals surface area contributed by atoms with Gasteiger partial charge in [0, 0.05) is 11.8 Å². The molecule has 1 aliphatic carbocycles. The van der Waals surface area contributed by atoms with E-state index in [0.29, 0.717) is 32.4 Å². The highest BCUT2D eigenvalue weighted by Crippen LogP contribution is 2.32. The molecule has 0 saturated heterocycles. The Labute approximate surface area is 153 Å². The van der Waals surface area contributed by atoms with Gasteiger partial charge >= 0.3 is 0 Å². The first-order valence-corrected chi connectivity index (χ1v) is 8.95. The molecule has 2 N–H and O–H groups in total. The first kappa shape index (κ1) is 18.1. The fourth-order valence-electron chi connectivity index (χ4n) is 3.33. The van der Waals surface area contributed by atoms with Crippen LogP contribution in [0.3, 0.4) is 0 Å². The van der Waals surface area contributed by atoms with Crippen molar-refractivity contribution in [2.45, 2.75) is 32.4 Å². The van der Waals surface area contributed by atoms with Crippen LogP contribution < -0.4 is 5.73 Å². The minimum absolute atomic E-state index is 0.0754. The Morgan fingerprint density at radius 3 is 2.08 bits per heavy atom. The second kappa shape index (κ2) is 8.63. The molecule has 0 spiro atoms. The quantitative estimate of drug-likeness (QED) is 0.779. The molecule has 0 aliphatic heterocycles. The topological polar surface area (TPSA) is 72.6 Å². The van der Waals surface area contributed by atoms with E-state index in [1.54, 1.807) is 0 Å². The predicted molar refractivity (Wildman–Crippen MR) is 98.2 cm³/mol. The third-order valence-corrected chi connectivity index (χ3v) is 4.83. The molecule has 3 rings (SSSR count). The third kappa shape index (κ3) is 4.70. The Kier molecular flexibility index (Phi) is 6.02. The summed E-state index contributed by atoms with van der Waals surface area (Å²) in [6, 6.07) is 19.5. The number of hydroxylamine groups is 2. The molecule has 26 heavy (non-hydrogen) atoms. The maximum absolute atomic E-state index is 13.0. The normalized spacial score (nSPS) is 19.2. The SMILES string of the molecule is NC(=O)C1CCC(C(=O)N(Cc2ccccc2)OCc2ccccc2)C1. The summed E-state index contributed by atoms with van der Waals surface area (Å²) in [5.74, 6) is -0.822. The molecule has 0 bridgehead atoms. The lowest BCUT2D eigenvalue weighted by Gasteiger charge is -2.25. The van der Waals surface area contributed by atoms with Crippen molar-refractivity contribution >= 4 is 11.8 Å². The van der Waals surface area contributed by atoms with Gasteiger partial charge in [-0.05, 0) is 30.4 Å². The van der Waals surface area contributed by atoms with Gasteiger partial charge in [0.1, 0.15) is 6.61 Å². The molecule has 1 fully saturated rings. The van der Waals surface area contributed by atoms with E-state index in [1.165, 1.54) is 5.06 Å². The van der Waals surface area contributed by atoms with Crippen LogP contribution in [-0.4, -0.2) is 16.9 Å². The minimum atomic E-state index is -0.319. The van der Waals surface area contributed by atoms with Crippen molar-refractivity contribution in [2.24, 2.45) is 17.6 Å². The molecule has 0 aromatic heterocycles.